The van der Waals surface area contributed by atoms with E-state index in [1.54, 1.807) is 0 Å². The number of amides is 1. The Bertz CT molecular complexity index is 652. The summed E-state index contributed by atoms with van der Waals surface area (Å²) in [6.45, 7) is 3.95. The first-order chi connectivity index (χ1) is 10.6. The molecule has 7 heteroatoms. The first kappa shape index (κ1) is 15.3. The second-order valence-corrected chi connectivity index (χ2v) is 7.97. The van der Waals surface area contributed by atoms with Gasteiger partial charge in [0.1, 0.15) is 0 Å². The first-order valence-electron chi connectivity index (χ1n) is 7.24. The minimum Gasteiger partial charge on any atom is -0.352 e. The fourth-order valence-electron chi connectivity index (χ4n) is 1.82. The highest BCUT2D eigenvalue weighted by Gasteiger charge is 2.26. The van der Waals surface area contributed by atoms with Crippen molar-refractivity contribution in [3.05, 3.63) is 29.8 Å². The van der Waals surface area contributed by atoms with Gasteiger partial charge in [-0.15, -0.1) is 10.2 Å². The van der Waals surface area contributed by atoms with E-state index < -0.39 is 0 Å². The molecule has 3 rings (SSSR count). The molecule has 1 atom stereocenters. The summed E-state index contributed by atoms with van der Waals surface area (Å²) in [6.07, 6.45) is 2.21. The molecule has 22 heavy (non-hydrogen) atoms. The summed E-state index contributed by atoms with van der Waals surface area (Å²) in [7, 11) is 0. The Hall–Kier alpha value is -1.60. The van der Waals surface area contributed by atoms with Crippen LogP contribution in [0.1, 0.15) is 25.3 Å². The van der Waals surface area contributed by atoms with Gasteiger partial charge in [0.2, 0.25) is 11.0 Å². The molecule has 0 spiro atoms. The molecule has 116 valence electrons. The second kappa shape index (κ2) is 6.66. The minimum absolute atomic E-state index is 0.0794. The molecule has 1 fully saturated rings. The van der Waals surface area contributed by atoms with Crippen molar-refractivity contribution in [3.63, 3.8) is 0 Å². The van der Waals surface area contributed by atoms with Crippen LogP contribution in [0.3, 0.4) is 0 Å². The number of hydrogen-bond donors (Lipinski definition) is 2. The zero-order valence-corrected chi connectivity index (χ0v) is 14.1. The maximum absolute atomic E-state index is 11.9. The summed E-state index contributed by atoms with van der Waals surface area (Å²) in [5.41, 5.74) is 2.20. The van der Waals surface area contributed by atoms with Crippen LogP contribution in [0, 0.1) is 6.92 Å². The normalized spacial score (nSPS) is 15.4. The lowest BCUT2D eigenvalue weighted by Gasteiger charge is -2.08. The fraction of sp³-hybridized carbons (Fsp3) is 0.400. The van der Waals surface area contributed by atoms with Crippen LogP contribution in [0.5, 0.6) is 0 Å². The number of anilines is 2. The van der Waals surface area contributed by atoms with Gasteiger partial charge in [0, 0.05) is 11.7 Å². The number of aryl methyl sites for hydroxylation is 1. The highest BCUT2D eigenvalue weighted by molar-refractivity contribution is 8.02. The van der Waals surface area contributed by atoms with E-state index >= 15 is 0 Å². The van der Waals surface area contributed by atoms with Crippen molar-refractivity contribution in [3.8, 4) is 0 Å². The Morgan fingerprint density at radius 2 is 2.05 bits per heavy atom. The van der Waals surface area contributed by atoms with E-state index in [1.165, 1.54) is 28.7 Å². The van der Waals surface area contributed by atoms with Crippen molar-refractivity contribution in [2.75, 3.05) is 5.32 Å². The molecule has 5 nitrogen and oxygen atoms in total. The van der Waals surface area contributed by atoms with Crippen molar-refractivity contribution in [2.45, 2.75) is 42.3 Å². The minimum atomic E-state index is -0.152. The third kappa shape index (κ3) is 4.20. The molecule has 0 bridgehead atoms. The molecule has 0 unspecified atom stereocenters. The number of carbonyl (C=O) groups excluding carboxylic acids is 1. The molecule has 1 saturated carbocycles. The Morgan fingerprint density at radius 1 is 1.32 bits per heavy atom. The van der Waals surface area contributed by atoms with Gasteiger partial charge in [0.25, 0.3) is 0 Å². The Balaban J connectivity index is 1.56. The predicted octanol–water partition coefficient (Wildman–Crippen LogP) is 3.35. The van der Waals surface area contributed by atoms with Crippen LogP contribution >= 0.6 is 23.1 Å². The van der Waals surface area contributed by atoms with Crippen LogP contribution in [0.25, 0.3) is 0 Å². The number of benzene rings is 1. The van der Waals surface area contributed by atoms with Crippen LogP contribution < -0.4 is 10.6 Å². The molecular formula is C15H18N4OS2. The smallest absolute Gasteiger partial charge is 0.233 e. The zero-order chi connectivity index (χ0) is 15.5. The molecule has 1 aliphatic carbocycles. The summed E-state index contributed by atoms with van der Waals surface area (Å²) in [5, 5.41) is 15.1. The topological polar surface area (TPSA) is 66.9 Å². The van der Waals surface area contributed by atoms with Gasteiger partial charge >= 0.3 is 0 Å². The van der Waals surface area contributed by atoms with Crippen LogP contribution in [0.4, 0.5) is 10.8 Å². The van der Waals surface area contributed by atoms with Crippen LogP contribution in [-0.2, 0) is 4.79 Å². The van der Waals surface area contributed by atoms with E-state index in [0.29, 0.717) is 6.04 Å². The maximum atomic E-state index is 11.9. The van der Waals surface area contributed by atoms with E-state index in [2.05, 4.69) is 27.8 Å². The Labute approximate surface area is 137 Å². The molecule has 1 aromatic heterocycles. The summed E-state index contributed by atoms with van der Waals surface area (Å²) >= 11 is 2.91. The third-order valence-electron chi connectivity index (χ3n) is 3.28. The van der Waals surface area contributed by atoms with E-state index in [1.807, 2.05) is 31.2 Å². The average molecular weight is 334 g/mol. The number of aromatic nitrogens is 2. The highest BCUT2D eigenvalue weighted by atomic mass is 32.2. The molecule has 2 N–H and O–H groups in total. The molecule has 1 amide bonds. The van der Waals surface area contributed by atoms with Gasteiger partial charge in [-0.25, -0.2) is 0 Å². The molecule has 1 aliphatic rings. The van der Waals surface area contributed by atoms with Gasteiger partial charge in [-0.3, -0.25) is 4.79 Å². The SMILES string of the molecule is Cc1ccc(Nc2nnc(S[C@H](C)C(=O)NC3CC3)s2)cc1. The molecule has 2 aromatic rings. The van der Waals surface area contributed by atoms with Crippen molar-refractivity contribution >= 4 is 39.8 Å². The molecule has 0 radical (unpaired) electrons. The third-order valence-corrected chi connectivity index (χ3v) is 5.30. The summed E-state index contributed by atoms with van der Waals surface area (Å²) in [5.74, 6) is 0.0794. The standard InChI is InChI=1S/C15H18N4OS2/c1-9-3-5-12(6-4-9)17-14-18-19-15(22-14)21-10(2)13(20)16-11-7-8-11/h3-6,10-11H,7-8H2,1-2H3,(H,16,20)(H,17,18)/t10-/m1/s1. The van der Waals surface area contributed by atoms with Gasteiger partial charge in [-0.1, -0.05) is 40.8 Å². The number of nitrogens with one attached hydrogen (secondary N) is 2. The molecular weight excluding hydrogens is 316 g/mol. The lowest BCUT2D eigenvalue weighted by Crippen LogP contribution is -2.32. The number of nitrogens with zero attached hydrogens (tertiary/aromatic N) is 2. The summed E-state index contributed by atoms with van der Waals surface area (Å²) < 4.78 is 0.799. The number of carbonyl (C=O) groups is 1. The lowest BCUT2D eigenvalue weighted by atomic mass is 10.2. The van der Waals surface area contributed by atoms with E-state index in [4.69, 9.17) is 0 Å². The van der Waals surface area contributed by atoms with Crippen molar-refractivity contribution < 1.29 is 4.79 Å². The first-order valence-corrected chi connectivity index (χ1v) is 8.94. The van der Waals surface area contributed by atoms with Crippen LogP contribution in [0.15, 0.2) is 28.6 Å². The Morgan fingerprint density at radius 3 is 2.73 bits per heavy atom. The molecule has 0 saturated heterocycles. The van der Waals surface area contributed by atoms with Gasteiger partial charge in [0.15, 0.2) is 4.34 Å². The van der Waals surface area contributed by atoms with E-state index in [-0.39, 0.29) is 11.2 Å². The predicted molar refractivity (Wildman–Crippen MR) is 90.9 cm³/mol. The highest BCUT2D eigenvalue weighted by Crippen LogP contribution is 2.31. The number of hydrogen-bond acceptors (Lipinski definition) is 6. The van der Waals surface area contributed by atoms with Gasteiger partial charge < -0.3 is 10.6 Å². The summed E-state index contributed by atoms with van der Waals surface area (Å²) in [6, 6.07) is 8.50. The molecule has 1 heterocycles. The van der Waals surface area contributed by atoms with Crippen LogP contribution in [-0.4, -0.2) is 27.4 Å². The quantitative estimate of drug-likeness (QED) is 0.793. The average Bonchev–Trinajstić information content (AvgIpc) is 3.20. The summed E-state index contributed by atoms with van der Waals surface area (Å²) in [4.78, 5) is 11.9. The van der Waals surface area contributed by atoms with Crippen LogP contribution in [0.2, 0.25) is 0 Å². The van der Waals surface area contributed by atoms with Gasteiger partial charge in [0.05, 0.1) is 5.25 Å². The molecule has 0 aliphatic heterocycles. The number of thioether (sulfide) groups is 1. The fourth-order valence-corrected chi connectivity index (χ4v) is 3.74. The van der Waals surface area contributed by atoms with Gasteiger partial charge in [-0.2, -0.15) is 0 Å². The zero-order valence-electron chi connectivity index (χ0n) is 12.5. The monoisotopic (exact) mass is 334 g/mol. The van der Waals surface area contributed by atoms with Crippen molar-refractivity contribution in [2.24, 2.45) is 0 Å². The van der Waals surface area contributed by atoms with E-state index in [9.17, 15) is 4.79 Å². The Kier molecular flexibility index (Phi) is 4.63. The number of rotatable bonds is 6. The second-order valence-electron chi connectivity index (χ2n) is 5.41. The lowest BCUT2D eigenvalue weighted by molar-refractivity contribution is -0.120. The van der Waals surface area contributed by atoms with Crippen molar-refractivity contribution in [1.29, 1.82) is 0 Å². The van der Waals surface area contributed by atoms with Gasteiger partial charge in [-0.05, 0) is 38.8 Å². The molecule has 1 aromatic carbocycles. The van der Waals surface area contributed by atoms with E-state index in [0.717, 1.165) is 28.0 Å². The van der Waals surface area contributed by atoms with Crippen molar-refractivity contribution in [1.82, 2.24) is 15.5 Å². The largest absolute Gasteiger partial charge is 0.352 e. The maximum Gasteiger partial charge on any atom is 0.233 e.